The summed E-state index contributed by atoms with van der Waals surface area (Å²) in [6, 6.07) is 5.87. The van der Waals surface area contributed by atoms with Crippen molar-refractivity contribution in [1.29, 1.82) is 0 Å². The largest absolute Gasteiger partial charge is 0.493 e. The lowest BCUT2D eigenvalue weighted by Crippen LogP contribution is -2.13. The predicted octanol–water partition coefficient (Wildman–Crippen LogP) is 3.98. The highest BCUT2D eigenvalue weighted by molar-refractivity contribution is 7.13. The molecule has 1 aliphatic carbocycles. The third kappa shape index (κ3) is 3.24. The minimum absolute atomic E-state index is 0.0567. The van der Waals surface area contributed by atoms with E-state index in [4.69, 9.17) is 4.74 Å². The Balaban J connectivity index is 1.49. The van der Waals surface area contributed by atoms with Crippen LogP contribution in [-0.2, 0) is 12.8 Å². The average molecular weight is 328 g/mol. The Kier molecular flexibility index (Phi) is 3.81. The molecule has 1 amide bonds. The van der Waals surface area contributed by atoms with Crippen LogP contribution >= 0.6 is 11.3 Å². The summed E-state index contributed by atoms with van der Waals surface area (Å²) in [4.78, 5) is 17.8. The maximum atomic E-state index is 12.5. The molecule has 1 aliphatic heterocycles. The number of aromatic nitrogens is 1. The van der Waals surface area contributed by atoms with Crippen molar-refractivity contribution in [3.05, 3.63) is 39.3 Å². The molecule has 1 fully saturated rings. The molecule has 1 aromatic heterocycles. The lowest BCUT2D eigenvalue weighted by Gasteiger charge is -2.18. The van der Waals surface area contributed by atoms with Crippen LogP contribution in [0.1, 0.15) is 45.2 Å². The fraction of sp³-hybridized carbons (Fsp3) is 0.444. The zero-order valence-electron chi connectivity index (χ0n) is 13.2. The first-order valence-corrected chi connectivity index (χ1v) is 9.04. The molecule has 4 rings (SSSR count). The minimum Gasteiger partial charge on any atom is -0.493 e. The summed E-state index contributed by atoms with van der Waals surface area (Å²) >= 11 is 1.54. The quantitative estimate of drug-likeness (QED) is 0.923. The van der Waals surface area contributed by atoms with E-state index in [0.29, 0.717) is 0 Å². The van der Waals surface area contributed by atoms with Crippen molar-refractivity contribution in [2.24, 2.45) is 5.92 Å². The minimum atomic E-state index is -0.0567. The van der Waals surface area contributed by atoms with E-state index >= 15 is 0 Å². The van der Waals surface area contributed by atoms with E-state index < -0.39 is 0 Å². The van der Waals surface area contributed by atoms with E-state index in [2.05, 4.69) is 10.3 Å². The van der Waals surface area contributed by atoms with Crippen LogP contribution in [-0.4, -0.2) is 17.5 Å². The van der Waals surface area contributed by atoms with Gasteiger partial charge in [-0.15, -0.1) is 11.3 Å². The van der Waals surface area contributed by atoms with Crippen LogP contribution in [0.25, 0.3) is 0 Å². The monoisotopic (exact) mass is 328 g/mol. The number of carbonyl (C=O) groups excluding carboxylic acids is 1. The van der Waals surface area contributed by atoms with Crippen molar-refractivity contribution in [2.75, 3.05) is 11.9 Å². The molecule has 0 bridgehead atoms. The maximum Gasteiger partial charge on any atom is 0.267 e. The Bertz CT molecular complexity index is 749. The summed E-state index contributed by atoms with van der Waals surface area (Å²) in [7, 11) is 0. The Morgan fingerprint density at radius 3 is 3.13 bits per heavy atom. The highest BCUT2D eigenvalue weighted by atomic mass is 32.1. The van der Waals surface area contributed by atoms with Gasteiger partial charge in [-0.2, -0.15) is 0 Å². The summed E-state index contributed by atoms with van der Waals surface area (Å²) < 4.78 is 5.61. The van der Waals surface area contributed by atoms with E-state index in [0.717, 1.165) is 58.8 Å². The molecule has 0 atom stereocenters. The standard InChI is InChI=1S/C18H20N2O2S/c1-11-17(23-16(19-11)9-12-4-5-12)18(21)20-14-6-7-15-13(10-14)3-2-8-22-15/h6-7,10,12H,2-5,8-9H2,1H3,(H,20,21). The third-order valence-corrected chi connectivity index (χ3v) is 5.55. The number of carbonyl (C=O) groups is 1. The number of nitrogens with zero attached hydrogens (tertiary/aromatic N) is 1. The SMILES string of the molecule is Cc1nc(CC2CC2)sc1C(=O)Nc1ccc2c(c1)CCCO2. The lowest BCUT2D eigenvalue weighted by atomic mass is 10.1. The molecule has 23 heavy (non-hydrogen) atoms. The molecule has 0 unspecified atom stereocenters. The van der Waals surface area contributed by atoms with Crippen molar-refractivity contribution in [3.8, 4) is 5.75 Å². The summed E-state index contributed by atoms with van der Waals surface area (Å²) in [6.07, 6.45) is 5.66. The molecule has 1 aromatic carbocycles. The number of hydrogen-bond acceptors (Lipinski definition) is 4. The topological polar surface area (TPSA) is 51.2 Å². The molecule has 2 aromatic rings. The van der Waals surface area contributed by atoms with Crippen LogP contribution in [0.2, 0.25) is 0 Å². The van der Waals surface area contributed by atoms with Crippen LogP contribution in [0, 0.1) is 12.8 Å². The van der Waals surface area contributed by atoms with Gasteiger partial charge in [0, 0.05) is 12.1 Å². The number of benzene rings is 1. The molecule has 0 saturated heterocycles. The number of aryl methyl sites for hydroxylation is 2. The van der Waals surface area contributed by atoms with Crippen molar-refractivity contribution in [1.82, 2.24) is 4.98 Å². The Morgan fingerprint density at radius 1 is 1.43 bits per heavy atom. The number of fused-ring (bicyclic) bond motifs is 1. The number of nitrogens with one attached hydrogen (secondary N) is 1. The molecule has 0 radical (unpaired) electrons. The Morgan fingerprint density at radius 2 is 2.30 bits per heavy atom. The first kappa shape index (κ1) is 14.7. The highest BCUT2D eigenvalue weighted by Gasteiger charge is 2.24. The summed E-state index contributed by atoms with van der Waals surface area (Å²) in [5, 5.41) is 4.10. The second-order valence-electron chi connectivity index (χ2n) is 6.40. The van der Waals surface area contributed by atoms with Crippen LogP contribution in [0.4, 0.5) is 5.69 Å². The number of amides is 1. The van der Waals surface area contributed by atoms with Crippen molar-refractivity contribution in [3.63, 3.8) is 0 Å². The van der Waals surface area contributed by atoms with Crippen LogP contribution in [0.5, 0.6) is 5.75 Å². The van der Waals surface area contributed by atoms with E-state index in [1.807, 2.05) is 25.1 Å². The normalized spacial score (nSPS) is 16.6. The smallest absolute Gasteiger partial charge is 0.267 e. The number of rotatable bonds is 4. The van der Waals surface area contributed by atoms with Crippen molar-refractivity contribution < 1.29 is 9.53 Å². The van der Waals surface area contributed by atoms with Crippen LogP contribution in [0.3, 0.4) is 0 Å². The molecule has 2 heterocycles. The molecular formula is C18H20N2O2S. The second-order valence-corrected chi connectivity index (χ2v) is 7.48. The number of thiazole rings is 1. The maximum absolute atomic E-state index is 12.5. The van der Waals surface area contributed by atoms with Gasteiger partial charge in [0.2, 0.25) is 0 Å². The van der Waals surface area contributed by atoms with Gasteiger partial charge in [0.15, 0.2) is 0 Å². The van der Waals surface area contributed by atoms with E-state index in [9.17, 15) is 4.79 Å². The van der Waals surface area contributed by atoms with Gasteiger partial charge in [-0.25, -0.2) is 4.98 Å². The summed E-state index contributed by atoms with van der Waals surface area (Å²) in [5.74, 6) is 1.67. The van der Waals surface area contributed by atoms with Crippen molar-refractivity contribution in [2.45, 2.75) is 39.0 Å². The van der Waals surface area contributed by atoms with Crippen LogP contribution in [0.15, 0.2) is 18.2 Å². The summed E-state index contributed by atoms with van der Waals surface area (Å²) in [5.41, 5.74) is 2.84. The fourth-order valence-corrected chi connectivity index (χ4v) is 4.02. The molecule has 0 spiro atoms. The number of hydrogen-bond donors (Lipinski definition) is 1. The predicted molar refractivity (Wildman–Crippen MR) is 91.5 cm³/mol. The van der Waals surface area contributed by atoms with Gasteiger partial charge < -0.3 is 10.1 Å². The molecule has 4 nitrogen and oxygen atoms in total. The summed E-state index contributed by atoms with van der Waals surface area (Å²) in [6.45, 7) is 2.70. The molecule has 120 valence electrons. The van der Waals surface area contributed by atoms with E-state index in [1.54, 1.807) is 0 Å². The first-order chi connectivity index (χ1) is 11.2. The molecule has 1 N–H and O–H groups in total. The zero-order valence-corrected chi connectivity index (χ0v) is 14.0. The van der Waals surface area contributed by atoms with Gasteiger partial charge in [0.05, 0.1) is 17.3 Å². The van der Waals surface area contributed by atoms with Gasteiger partial charge in [-0.1, -0.05) is 0 Å². The second kappa shape index (κ2) is 5.96. The zero-order chi connectivity index (χ0) is 15.8. The van der Waals surface area contributed by atoms with Gasteiger partial charge in [-0.3, -0.25) is 4.79 Å². The third-order valence-electron chi connectivity index (χ3n) is 4.37. The number of ether oxygens (including phenoxy) is 1. The average Bonchev–Trinajstić information content (AvgIpc) is 3.28. The van der Waals surface area contributed by atoms with E-state index in [-0.39, 0.29) is 5.91 Å². The number of anilines is 1. The fourth-order valence-electron chi connectivity index (χ4n) is 2.95. The molecule has 2 aliphatic rings. The van der Waals surface area contributed by atoms with Gasteiger partial charge in [-0.05, 0) is 62.3 Å². The molecular weight excluding hydrogens is 308 g/mol. The molecule has 1 saturated carbocycles. The van der Waals surface area contributed by atoms with Crippen molar-refractivity contribution >= 4 is 22.9 Å². The lowest BCUT2D eigenvalue weighted by molar-refractivity contribution is 0.103. The Hall–Kier alpha value is -1.88. The van der Waals surface area contributed by atoms with Gasteiger partial charge in [0.1, 0.15) is 10.6 Å². The Labute approximate surface area is 139 Å². The first-order valence-electron chi connectivity index (χ1n) is 8.22. The van der Waals surface area contributed by atoms with Gasteiger partial charge >= 0.3 is 0 Å². The highest BCUT2D eigenvalue weighted by Crippen LogP contribution is 2.34. The molecule has 5 heteroatoms. The van der Waals surface area contributed by atoms with E-state index in [1.165, 1.54) is 29.7 Å². The van der Waals surface area contributed by atoms with Gasteiger partial charge in [0.25, 0.3) is 5.91 Å². The van der Waals surface area contributed by atoms with Crippen LogP contribution < -0.4 is 10.1 Å².